The fourth-order valence-corrected chi connectivity index (χ4v) is 2.17. The molecule has 0 radical (unpaired) electrons. The number of aryl methyl sites for hydroxylation is 1. The molecule has 2 heterocycles. The monoisotopic (exact) mass is 216 g/mol. The Morgan fingerprint density at radius 1 is 1.07 bits per heavy atom. The highest BCUT2D eigenvalue weighted by Crippen LogP contribution is 2.23. The fraction of sp³-hybridized carbons (Fsp3) is 0.0833. The molecule has 0 unspecified atom stereocenters. The maximum Gasteiger partial charge on any atom is 0.114 e. The van der Waals surface area contributed by atoms with Crippen LogP contribution in [0.3, 0.4) is 0 Å². The van der Waals surface area contributed by atoms with Gasteiger partial charge >= 0.3 is 0 Å². The maximum atomic E-state index is 6.16. The minimum absolute atomic E-state index is 0.728. The molecule has 3 heteroatoms. The molecule has 74 valence electrons. The quantitative estimate of drug-likeness (QED) is 0.563. The zero-order chi connectivity index (χ0) is 10.4. The summed E-state index contributed by atoms with van der Waals surface area (Å²) < 4.78 is 2.03. The van der Waals surface area contributed by atoms with E-state index in [2.05, 4.69) is 4.98 Å². The number of rotatable bonds is 0. The molecule has 0 N–H and O–H groups in total. The molecule has 0 saturated carbocycles. The topological polar surface area (TPSA) is 17.3 Å². The van der Waals surface area contributed by atoms with Gasteiger partial charge in [-0.3, -0.25) is 4.40 Å². The van der Waals surface area contributed by atoms with Gasteiger partial charge in [0.05, 0.1) is 22.2 Å². The van der Waals surface area contributed by atoms with E-state index in [9.17, 15) is 0 Å². The van der Waals surface area contributed by atoms with Gasteiger partial charge < -0.3 is 0 Å². The molecule has 0 amide bonds. The van der Waals surface area contributed by atoms with E-state index in [1.165, 1.54) is 0 Å². The van der Waals surface area contributed by atoms with Crippen molar-refractivity contribution in [2.45, 2.75) is 6.92 Å². The van der Waals surface area contributed by atoms with Gasteiger partial charge in [-0.1, -0.05) is 23.7 Å². The lowest BCUT2D eigenvalue weighted by molar-refractivity contribution is 1.17. The Morgan fingerprint density at radius 3 is 2.73 bits per heavy atom. The van der Waals surface area contributed by atoms with Crippen molar-refractivity contribution in [3.05, 3.63) is 47.2 Å². The number of hydrogen-bond donors (Lipinski definition) is 0. The van der Waals surface area contributed by atoms with E-state index in [1.807, 2.05) is 47.7 Å². The molecular weight excluding hydrogens is 208 g/mol. The van der Waals surface area contributed by atoms with Gasteiger partial charge in [0.15, 0.2) is 0 Å². The first-order valence-corrected chi connectivity index (χ1v) is 5.17. The Kier molecular flexibility index (Phi) is 1.73. The van der Waals surface area contributed by atoms with E-state index in [1.54, 1.807) is 0 Å². The number of benzene rings is 1. The lowest BCUT2D eigenvalue weighted by Gasteiger charge is -2.05. The molecule has 0 atom stereocenters. The van der Waals surface area contributed by atoms with Crippen molar-refractivity contribution in [1.82, 2.24) is 9.38 Å². The predicted molar refractivity (Wildman–Crippen MR) is 62.4 cm³/mol. The van der Waals surface area contributed by atoms with Crippen LogP contribution in [0.25, 0.3) is 16.6 Å². The second-order valence-corrected chi connectivity index (χ2v) is 3.95. The number of nitrogens with zero attached hydrogens (tertiary/aromatic N) is 2. The molecule has 0 bridgehead atoms. The van der Waals surface area contributed by atoms with Gasteiger partial charge in [0, 0.05) is 0 Å². The lowest BCUT2D eigenvalue weighted by Crippen LogP contribution is -1.94. The van der Waals surface area contributed by atoms with Crippen molar-refractivity contribution < 1.29 is 0 Å². The zero-order valence-corrected chi connectivity index (χ0v) is 8.99. The molecule has 0 saturated heterocycles. The largest absolute Gasteiger partial charge is 0.297 e. The van der Waals surface area contributed by atoms with Crippen LogP contribution in [0.2, 0.25) is 5.15 Å². The summed E-state index contributed by atoms with van der Waals surface area (Å²) in [6, 6.07) is 11.9. The smallest absolute Gasteiger partial charge is 0.114 e. The van der Waals surface area contributed by atoms with Crippen molar-refractivity contribution in [3.8, 4) is 0 Å². The number of aromatic nitrogens is 2. The SMILES string of the molecule is Cc1nc2ccccc2n2c(Cl)ccc12. The Hall–Kier alpha value is -1.54. The molecule has 2 aromatic heterocycles. The molecular formula is C12H9ClN2. The third-order valence-corrected chi connectivity index (χ3v) is 2.91. The molecule has 0 aliphatic heterocycles. The second kappa shape index (κ2) is 2.97. The summed E-state index contributed by atoms with van der Waals surface area (Å²) >= 11 is 6.16. The van der Waals surface area contributed by atoms with Gasteiger partial charge in [0.2, 0.25) is 0 Å². The van der Waals surface area contributed by atoms with E-state index < -0.39 is 0 Å². The summed E-state index contributed by atoms with van der Waals surface area (Å²) in [4.78, 5) is 4.54. The fourth-order valence-electron chi connectivity index (χ4n) is 1.92. The highest BCUT2D eigenvalue weighted by molar-refractivity contribution is 6.30. The predicted octanol–water partition coefficient (Wildman–Crippen LogP) is 3.45. The van der Waals surface area contributed by atoms with Crippen LogP contribution in [0.1, 0.15) is 5.69 Å². The normalized spacial score (nSPS) is 11.3. The summed E-state index contributed by atoms with van der Waals surface area (Å²) in [6.45, 7) is 2.00. The minimum atomic E-state index is 0.728. The lowest BCUT2D eigenvalue weighted by atomic mass is 10.2. The molecule has 3 rings (SSSR count). The van der Waals surface area contributed by atoms with Gasteiger partial charge in [-0.25, -0.2) is 4.98 Å². The molecule has 0 spiro atoms. The minimum Gasteiger partial charge on any atom is -0.297 e. The third kappa shape index (κ3) is 1.15. The van der Waals surface area contributed by atoms with Crippen LogP contribution in [-0.2, 0) is 0 Å². The van der Waals surface area contributed by atoms with E-state index >= 15 is 0 Å². The summed E-state index contributed by atoms with van der Waals surface area (Å²) in [5.74, 6) is 0. The highest BCUT2D eigenvalue weighted by Gasteiger charge is 2.07. The van der Waals surface area contributed by atoms with Crippen LogP contribution in [0, 0.1) is 6.92 Å². The van der Waals surface area contributed by atoms with Crippen LogP contribution >= 0.6 is 11.6 Å². The molecule has 0 aliphatic rings. The van der Waals surface area contributed by atoms with Crippen molar-refractivity contribution in [1.29, 1.82) is 0 Å². The Morgan fingerprint density at radius 2 is 1.87 bits per heavy atom. The van der Waals surface area contributed by atoms with Crippen molar-refractivity contribution in [2.24, 2.45) is 0 Å². The number of para-hydroxylation sites is 2. The van der Waals surface area contributed by atoms with Crippen molar-refractivity contribution in [3.63, 3.8) is 0 Å². The Bertz CT molecular complexity index is 655. The van der Waals surface area contributed by atoms with Gasteiger partial charge in [0.25, 0.3) is 0 Å². The van der Waals surface area contributed by atoms with Crippen molar-refractivity contribution >= 4 is 28.2 Å². The molecule has 0 fully saturated rings. The number of fused-ring (bicyclic) bond motifs is 3. The first-order chi connectivity index (χ1) is 7.27. The van der Waals surface area contributed by atoms with Crippen LogP contribution in [-0.4, -0.2) is 9.38 Å². The summed E-state index contributed by atoms with van der Waals surface area (Å²) in [5.41, 5.74) is 4.09. The molecule has 15 heavy (non-hydrogen) atoms. The van der Waals surface area contributed by atoms with E-state index in [0.717, 1.165) is 27.4 Å². The maximum absolute atomic E-state index is 6.16. The molecule has 1 aromatic carbocycles. The zero-order valence-electron chi connectivity index (χ0n) is 8.24. The average molecular weight is 217 g/mol. The van der Waals surface area contributed by atoms with E-state index in [4.69, 9.17) is 11.6 Å². The van der Waals surface area contributed by atoms with Gasteiger partial charge in [-0.15, -0.1) is 0 Å². The van der Waals surface area contributed by atoms with Crippen LogP contribution in [0.4, 0.5) is 0 Å². The number of hydrogen-bond acceptors (Lipinski definition) is 1. The van der Waals surface area contributed by atoms with Crippen LogP contribution in [0.5, 0.6) is 0 Å². The average Bonchev–Trinajstić information content (AvgIpc) is 2.62. The van der Waals surface area contributed by atoms with Gasteiger partial charge in [-0.2, -0.15) is 0 Å². The van der Waals surface area contributed by atoms with Crippen molar-refractivity contribution in [2.75, 3.05) is 0 Å². The van der Waals surface area contributed by atoms with E-state index in [-0.39, 0.29) is 0 Å². The third-order valence-electron chi connectivity index (χ3n) is 2.61. The summed E-state index contributed by atoms with van der Waals surface area (Å²) in [6.07, 6.45) is 0. The Labute approximate surface area is 92.1 Å². The summed E-state index contributed by atoms with van der Waals surface area (Å²) in [5, 5.41) is 0.728. The van der Waals surface area contributed by atoms with Gasteiger partial charge in [-0.05, 0) is 31.2 Å². The molecule has 0 aliphatic carbocycles. The summed E-state index contributed by atoms with van der Waals surface area (Å²) in [7, 11) is 0. The van der Waals surface area contributed by atoms with Crippen LogP contribution in [0.15, 0.2) is 36.4 Å². The van der Waals surface area contributed by atoms with Crippen LogP contribution < -0.4 is 0 Å². The first kappa shape index (κ1) is 8.74. The first-order valence-electron chi connectivity index (χ1n) is 4.80. The van der Waals surface area contributed by atoms with Gasteiger partial charge in [0.1, 0.15) is 5.15 Å². The molecule has 3 aromatic rings. The Balaban J connectivity index is 2.67. The standard InChI is InChI=1S/C12H9ClN2/c1-8-10-6-7-12(13)15(10)11-5-3-2-4-9(11)14-8/h2-7H,1H3. The second-order valence-electron chi connectivity index (χ2n) is 3.56. The molecule has 2 nitrogen and oxygen atoms in total. The highest BCUT2D eigenvalue weighted by atomic mass is 35.5. The van der Waals surface area contributed by atoms with E-state index in [0.29, 0.717) is 0 Å². The number of halogens is 1.